The van der Waals surface area contributed by atoms with Crippen molar-refractivity contribution in [2.45, 2.75) is 38.5 Å². The van der Waals surface area contributed by atoms with Crippen molar-refractivity contribution in [2.75, 3.05) is 4.90 Å². The second-order valence-corrected chi connectivity index (χ2v) is 14.6. The lowest BCUT2D eigenvalue weighted by molar-refractivity contribution is 0.640. The first kappa shape index (κ1) is 29.5. The molecule has 0 saturated carbocycles. The van der Waals surface area contributed by atoms with E-state index in [0.29, 0.717) is 0 Å². The monoisotopic (exact) mass is 629 g/mol. The average Bonchev–Trinajstić information content (AvgIpc) is 3.52. The van der Waals surface area contributed by atoms with Gasteiger partial charge in [0.15, 0.2) is 0 Å². The van der Waals surface area contributed by atoms with E-state index in [-0.39, 0.29) is 10.8 Å². The van der Waals surface area contributed by atoms with Gasteiger partial charge in [-0.2, -0.15) is 0 Å². The van der Waals surface area contributed by atoms with Crippen molar-refractivity contribution in [3.05, 3.63) is 186 Å². The Morgan fingerprint density at radius 3 is 1.10 bits per heavy atom. The molecule has 0 atom stereocenters. The zero-order valence-electron chi connectivity index (χ0n) is 28.5. The van der Waals surface area contributed by atoms with Gasteiger partial charge in [-0.15, -0.1) is 0 Å². The fourth-order valence-electron chi connectivity index (χ4n) is 8.65. The Morgan fingerprint density at radius 1 is 0.347 bits per heavy atom. The maximum absolute atomic E-state index is 2.56. The van der Waals surface area contributed by atoms with Crippen LogP contribution in [0.4, 0.5) is 17.1 Å². The summed E-state index contributed by atoms with van der Waals surface area (Å²) in [5.74, 6) is 0. The summed E-state index contributed by atoms with van der Waals surface area (Å²) in [6, 6.07) is 60.3. The maximum Gasteiger partial charge on any atom is 0.0555 e. The molecule has 9 rings (SSSR count). The minimum atomic E-state index is -0.201. The number of nitrogens with zero attached hydrogens (tertiary/aromatic N) is 1. The Labute approximate surface area is 290 Å². The zero-order valence-corrected chi connectivity index (χ0v) is 28.5. The van der Waals surface area contributed by atoms with E-state index < -0.39 is 0 Å². The van der Waals surface area contributed by atoms with E-state index in [1.807, 2.05) is 0 Å². The molecule has 2 aliphatic carbocycles. The molecule has 0 unspecified atom stereocenters. The van der Waals surface area contributed by atoms with Crippen LogP contribution in [0.1, 0.15) is 49.9 Å². The van der Waals surface area contributed by atoms with E-state index in [1.54, 1.807) is 0 Å². The summed E-state index contributed by atoms with van der Waals surface area (Å²) >= 11 is 0. The molecule has 0 spiro atoms. The van der Waals surface area contributed by atoms with Crippen molar-refractivity contribution >= 4 is 17.1 Å². The van der Waals surface area contributed by atoms with E-state index in [4.69, 9.17) is 0 Å². The van der Waals surface area contributed by atoms with Crippen LogP contribution in [0.2, 0.25) is 0 Å². The van der Waals surface area contributed by atoms with Crippen LogP contribution in [0.5, 0.6) is 0 Å². The number of anilines is 3. The topological polar surface area (TPSA) is 3.24 Å². The third-order valence-corrected chi connectivity index (χ3v) is 11.0. The van der Waals surface area contributed by atoms with Gasteiger partial charge in [-0.25, -0.2) is 0 Å². The van der Waals surface area contributed by atoms with Gasteiger partial charge in [0.1, 0.15) is 0 Å². The molecule has 0 bridgehead atoms. The van der Waals surface area contributed by atoms with Crippen molar-refractivity contribution in [3.63, 3.8) is 0 Å². The van der Waals surface area contributed by atoms with Crippen LogP contribution in [0, 0.1) is 0 Å². The Hall–Kier alpha value is -5.66. The predicted octanol–water partition coefficient (Wildman–Crippen LogP) is 13.1. The second-order valence-electron chi connectivity index (χ2n) is 14.6. The highest BCUT2D eigenvalue weighted by Crippen LogP contribution is 2.62. The molecule has 0 fully saturated rings. The third kappa shape index (κ3) is 4.46. The number of rotatable bonds is 5. The van der Waals surface area contributed by atoms with Gasteiger partial charge in [0.05, 0.1) is 5.69 Å². The van der Waals surface area contributed by atoms with Crippen molar-refractivity contribution in [1.29, 1.82) is 0 Å². The predicted molar refractivity (Wildman–Crippen MR) is 207 cm³/mol. The molecule has 49 heavy (non-hydrogen) atoms. The van der Waals surface area contributed by atoms with Crippen LogP contribution >= 0.6 is 0 Å². The van der Waals surface area contributed by atoms with Crippen LogP contribution in [0.15, 0.2) is 164 Å². The summed E-state index contributed by atoms with van der Waals surface area (Å²) in [6.07, 6.45) is 0. The van der Waals surface area contributed by atoms with E-state index in [9.17, 15) is 0 Å². The molecule has 1 heteroatoms. The van der Waals surface area contributed by atoms with Crippen LogP contribution in [0.3, 0.4) is 0 Å². The second kappa shape index (κ2) is 10.9. The van der Waals surface area contributed by atoms with Crippen LogP contribution in [0.25, 0.3) is 44.5 Å². The highest BCUT2D eigenvalue weighted by atomic mass is 15.2. The highest BCUT2D eigenvalue weighted by molar-refractivity contribution is 6.00. The fraction of sp³-hybridized carbons (Fsp3) is 0.125. The standard InChI is InChI=1S/C48H39N/c1-47(2)42-21-13-11-19-38(42)40-31-41-39-20-12-14-22-43(39)48(3,4)45(41)46(44(40)47)49(36-27-23-34(24-28-36)32-15-7-5-8-16-32)37-29-25-35(26-30-37)33-17-9-6-10-18-33/h5-31H,1-4H3. The van der Waals surface area contributed by atoms with E-state index in [1.165, 1.54) is 72.4 Å². The molecule has 0 saturated heterocycles. The van der Waals surface area contributed by atoms with Crippen LogP contribution in [-0.2, 0) is 10.8 Å². The third-order valence-electron chi connectivity index (χ3n) is 11.0. The van der Waals surface area contributed by atoms with Crippen molar-refractivity contribution in [2.24, 2.45) is 0 Å². The van der Waals surface area contributed by atoms with Crippen molar-refractivity contribution < 1.29 is 0 Å². The highest BCUT2D eigenvalue weighted by Gasteiger charge is 2.46. The Balaban J connectivity index is 1.35. The molecule has 0 aliphatic heterocycles. The van der Waals surface area contributed by atoms with Gasteiger partial charge >= 0.3 is 0 Å². The summed E-state index contributed by atoms with van der Waals surface area (Å²) in [5.41, 5.74) is 19.0. The smallest absolute Gasteiger partial charge is 0.0555 e. The fourth-order valence-corrected chi connectivity index (χ4v) is 8.65. The lowest BCUT2D eigenvalue weighted by atomic mass is 9.75. The van der Waals surface area contributed by atoms with Gasteiger partial charge in [-0.05, 0) is 97.1 Å². The Bertz CT molecular complexity index is 2180. The molecular formula is C48H39N. The SMILES string of the molecule is CC1(C)c2ccccc2-c2cc3c(c(N(c4ccc(-c5ccccc5)cc4)c4ccc(-c5ccccc5)cc4)c21)C(C)(C)c1ccccc1-3. The first-order valence-corrected chi connectivity index (χ1v) is 17.4. The summed E-state index contributed by atoms with van der Waals surface area (Å²) in [4.78, 5) is 2.56. The molecule has 0 radical (unpaired) electrons. The molecular weight excluding hydrogens is 591 g/mol. The largest absolute Gasteiger partial charge is 0.310 e. The normalized spacial score (nSPS) is 14.4. The quantitative estimate of drug-likeness (QED) is 0.183. The molecule has 7 aromatic carbocycles. The zero-order chi connectivity index (χ0) is 33.3. The van der Waals surface area contributed by atoms with Gasteiger partial charge in [0, 0.05) is 22.2 Å². The summed E-state index contributed by atoms with van der Waals surface area (Å²) < 4.78 is 0. The summed E-state index contributed by atoms with van der Waals surface area (Å²) in [7, 11) is 0. The minimum Gasteiger partial charge on any atom is -0.310 e. The average molecular weight is 630 g/mol. The van der Waals surface area contributed by atoms with Gasteiger partial charge in [0.25, 0.3) is 0 Å². The lowest BCUT2D eigenvalue weighted by Gasteiger charge is -2.37. The van der Waals surface area contributed by atoms with E-state index in [0.717, 1.165) is 11.4 Å². The summed E-state index contributed by atoms with van der Waals surface area (Å²) in [5, 5.41) is 0. The first-order chi connectivity index (χ1) is 23.8. The van der Waals surface area contributed by atoms with Crippen molar-refractivity contribution in [3.8, 4) is 44.5 Å². The molecule has 2 aliphatic rings. The Kier molecular flexibility index (Phi) is 6.58. The number of hydrogen-bond acceptors (Lipinski definition) is 1. The molecule has 1 nitrogen and oxygen atoms in total. The van der Waals surface area contributed by atoms with Gasteiger partial charge in [-0.3, -0.25) is 0 Å². The maximum atomic E-state index is 2.56. The molecule has 7 aromatic rings. The molecule has 0 heterocycles. The number of fused-ring (bicyclic) bond motifs is 6. The first-order valence-electron chi connectivity index (χ1n) is 17.4. The molecule has 0 aromatic heterocycles. The van der Waals surface area contributed by atoms with Crippen molar-refractivity contribution in [1.82, 2.24) is 0 Å². The van der Waals surface area contributed by atoms with Gasteiger partial charge in [0.2, 0.25) is 0 Å². The van der Waals surface area contributed by atoms with Gasteiger partial charge < -0.3 is 4.90 Å². The minimum absolute atomic E-state index is 0.201. The molecule has 0 N–H and O–H groups in total. The number of benzene rings is 7. The van der Waals surface area contributed by atoms with Gasteiger partial charge in [-0.1, -0.05) is 161 Å². The van der Waals surface area contributed by atoms with Crippen LogP contribution < -0.4 is 4.90 Å². The van der Waals surface area contributed by atoms with E-state index in [2.05, 4.69) is 196 Å². The number of hydrogen-bond donors (Lipinski definition) is 0. The van der Waals surface area contributed by atoms with E-state index >= 15 is 0 Å². The lowest BCUT2D eigenvalue weighted by Crippen LogP contribution is -2.26. The Morgan fingerprint density at radius 2 is 0.694 bits per heavy atom. The van der Waals surface area contributed by atoms with Crippen LogP contribution in [-0.4, -0.2) is 0 Å². The molecule has 0 amide bonds. The molecule has 236 valence electrons. The summed E-state index contributed by atoms with van der Waals surface area (Å²) in [6.45, 7) is 9.66.